The molecule has 2 N–H and O–H groups in total. The molecule has 1 aliphatic carbocycles. The van der Waals surface area contributed by atoms with Crippen LogP contribution in [0.5, 0.6) is 0 Å². The van der Waals surface area contributed by atoms with E-state index >= 15 is 0 Å². The van der Waals surface area contributed by atoms with Crippen molar-refractivity contribution in [2.45, 2.75) is 63.6 Å². The van der Waals surface area contributed by atoms with E-state index in [1.807, 2.05) is 12.4 Å². The number of nitrogens with zero attached hydrogens (tertiary/aromatic N) is 5. The summed E-state index contributed by atoms with van der Waals surface area (Å²) in [5, 5.41) is 19.1. The van der Waals surface area contributed by atoms with Crippen molar-refractivity contribution in [3.63, 3.8) is 0 Å². The molecule has 0 bridgehead atoms. The smallest absolute Gasteiger partial charge is 0.227 e. The quantitative estimate of drug-likeness (QED) is 0.618. The zero-order valence-corrected chi connectivity index (χ0v) is 19.4. The second-order valence-corrected chi connectivity index (χ2v) is 9.89. The number of hydrogen-bond acceptors (Lipinski definition) is 7. The van der Waals surface area contributed by atoms with Crippen molar-refractivity contribution in [1.82, 2.24) is 24.6 Å². The lowest BCUT2D eigenvalue weighted by Crippen LogP contribution is -2.46. The highest BCUT2D eigenvalue weighted by Gasteiger charge is 2.34. The first kappa shape index (κ1) is 21.0. The van der Waals surface area contributed by atoms with E-state index in [9.17, 15) is 5.11 Å². The SMILES string of the molecule is Cc1cc2cnc(Nc3cnn(C4CC4)c3C)nc2cc1C1CCN([C@H]2COC[C@H]2O)CC1. The van der Waals surface area contributed by atoms with Gasteiger partial charge in [-0.3, -0.25) is 9.58 Å². The first-order valence-electron chi connectivity index (χ1n) is 12.1. The van der Waals surface area contributed by atoms with Gasteiger partial charge in [-0.2, -0.15) is 5.10 Å². The number of benzene rings is 1. The lowest BCUT2D eigenvalue weighted by Gasteiger charge is -2.37. The van der Waals surface area contributed by atoms with Crippen LogP contribution >= 0.6 is 0 Å². The molecular weight excluding hydrogens is 416 g/mol. The molecule has 8 heteroatoms. The van der Waals surface area contributed by atoms with Gasteiger partial charge < -0.3 is 15.2 Å². The molecule has 1 saturated carbocycles. The van der Waals surface area contributed by atoms with E-state index < -0.39 is 0 Å². The molecule has 2 saturated heterocycles. The Morgan fingerprint density at radius 2 is 1.88 bits per heavy atom. The van der Waals surface area contributed by atoms with Crippen LogP contribution in [0.3, 0.4) is 0 Å². The number of rotatable bonds is 5. The molecule has 3 fully saturated rings. The van der Waals surface area contributed by atoms with Crippen LogP contribution in [0.2, 0.25) is 0 Å². The summed E-state index contributed by atoms with van der Waals surface area (Å²) in [4.78, 5) is 11.8. The van der Waals surface area contributed by atoms with Gasteiger partial charge >= 0.3 is 0 Å². The van der Waals surface area contributed by atoms with Crippen LogP contribution in [0.15, 0.2) is 24.5 Å². The molecule has 8 nitrogen and oxygen atoms in total. The van der Waals surface area contributed by atoms with Gasteiger partial charge in [0.05, 0.1) is 54.5 Å². The van der Waals surface area contributed by atoms with Crippen molar-refractivity contribution < 1.29 is 9.84 Å². The Morgan fingerprint density at radius 3 is 2.61 bits per heavy atom. The van der Waals surface area contributed by atoms with Crippen LogP contribution in [0, 0.1) is 13.8 Å². The fraction of sp³-hybridized carbons (Fsp3) is 0.560. The predicted molar refractivity (Wildman–Crippen MR) is 127 cm³/mol. The Hall–Kier alpha value is -2.55. The molecule has 4 heterocycles. The van der Waals surface area contributed by atoms with E-state index in [2.05, 4.69) is 51.0 Å². The highest BCUT2D eigenvalue weighted by Crippen LogP contribution is 2.37. The zero-order chi connectivity index (χ0) is 22.5. The number of hydrogen-bond donors (Lipinski definition) is 2. The summed E-state index contributed by atoms with van der Waals surface area (Å²) >= 11 is 0. The van der Waals surface area contributed by atoms with Crippen LogP contribution in [-0.4, -0.2) is 68.2 Å². The third kappa shape index (κ3) is 4.00. The fourth-order valence-corrected chi connectivity index (χ4v) is 5.49. The normalized spacial score (nSPS) is 24.6. The van der Waals surface area contributed by atoms with Gasteiger partial charge in [-0.25, -0.2) is 9.97 Å². The maximum absolute atomic E-state index is 10.2. The molecule has 6 rings (SSSR count). The van der Waals surface area contributed by atoms with Gasteiger partial charge in [0.1, 0.15) is 0 Å². The molecule has 2 aromatic heterocycles. The van der Waals surface area contributed by atoms with Gasteiger partial charge in [0.25, 0.3) is 0 Å². The van der Waals surface area contributed by atoms with Crippen molar-refractivity contribution >= 4 is 22.5 Å². The number of aliphatic hydroxyl groups excluding tert-OH is 1. The Bertz CT molecular complexity index is 1170. The van der Waals surface area contributed by atoms with Gasteiger partial charge in [0.15, 0.2) is 0 Å². The number of aromatic nitrogens is 4. The second kappa shape index (κ2) is 8.34. The third-order valence-electron chi connectivity index (χ3n) is 7.61. The van der Waals surface area contributed by atoms with Gasteiger partial charge in [-0.1, -0.05) is 0 Å². The average Bonchev–Trinajstić information content (AvgIpc) is 3.47. The number of piperidine rings is 1. The third-order valence-corrected chi connectivity index (χ3v) is 7.61. The summed E-state index contributed by atoms with van der Waals surface area (Å²) in [6.45, 7) is 7.39. The Balaban J connectivity index is 1.20. The van der Waals surface area contributed by atoms with E-state index in [1.54, 1.807) is 0 Å². The highest BCUT2D eigenvalue weighted by atomic mass is 16.5. The maximum atomic E-state index is 10.2. The minimum absolute atomic E-state index is 0.151. The minimum Gasteiger partial charge on any atom is -0.389 e. The number of ether oxygens (including phenoxy) is 1. The number of nitrogens with one attached hydrogen (secondary N) is 1. The number of aliphatic hydroxyl groups is 1. The monoisotopic (exact) mass is 448 g/mol. The molecule has 174 valence electrons. The molecule has 33 heavy (non-hydrogen) atoms. The van der Waals surface area contributed by atoms with Crippen molar-refractivity contribution in [2.75, 3.05) is 31.6 Å². The number of aryl methyl sites for hydroxylation is 1. The Kier molecular flexibility index (Phi) is 5.31. The molecule has 0 spiro atoms. The minimum atomic E-state index is -0.355. The molecule has 2 atom stereocenters. The predicted octanol–water partition coefficient (Wildman–Crippen LogP) is 3.46. The molecule has 0 unspecified atom stereocenters. The van der Waals surface area contributed by atoms with E-state index in [0.717, 1.165) is 48.2 Å². The Labute approximate surface area is 194 Å². The molecule has 1 aromatic carbocycles. The lowest BCUT2D eigenvalue weighted by molar-refractivity contribution is 0.0663. The van der Waals surface area contributed by atoms with Crippen molar-refractivity contribution in [2.24, 2.45) is 0 Å². The van der Waals surface area contributed by atoms with Crippen LogP contribution in [0.4, 0.5) is 11.6 Å². The van der Waals surface area contributed by atoms with E-state index in [-0.39, 0.29) is 12.1 Å². The summed E-state index contributed by atoms with van der Waals surface area (Å²) < 4.78 is 7.57. The van der Waals surface area contributed by atoms with Gasteiger partial charge in [0.2, 0.25) is 5.95 Å². The van der Waals surface area contributed by atoms with Crippen LogP contribution in [0.25, 0.3) is 10.9 Å². The van der Waals surface area contributed by atoms with Crippen molar-refractivity contribution in [3.05, 3.63) is 41.3 Å². The van der Waals surface area contributed by atoms with Crippen LogP contribution < -0.4 is 5.32 Å². The summed E-state index contributed by atoms with van der Waals surface area (Å²) in [5.41, 5.74) is 5.76. The summed E-state index contributed by atoms with van der Waals surface area (Å²) in [5.74, 6) is 1.12. The molecule has 0 radical (unpaired) electrons. The van der Waals surface area contributed by atoms with Crippen LogP contribution in [-0.2, 0) is 4.74 Å². The first-order valence-corrected chi connectivity index (χ1v) is 12.1. The van der Waals surface area contributed by atoms with Crippen LogP contribution in [0.1, 0.15) is 54.5 Å². The average molecular weight is 449 g/mol. The summed E-state index contributed by atoms with van der Waals surface area (Å²) in [6, 6.07) is 5.18. The first-order chi connectivity index (χ1) is 16.1. The van der Waals surface area contributed by atoms with E-state index in [4.69, 9.17) is 9.72 Å². The largest absolute Gasteiger partial charge is 0.389 e. The molecular formula is C25H32N6O2. The fourth-order valence-electron chi connectivity index (χ4n) is 5.49. The highest BCUT2D eigenvalue weighted by molar-refractivity contribution is 5.81. The number of likely N-dealkylation sites (tertiary alicyclic amines) is 1. The van der Waals surface area contributed by atoms with Gasteiger partial charge in [0, 0.05) is 11.6 Å². The maximum Gasteiger partial charge on any atom is 0.227 e. The zero-order valence-electron chi connectivity index (χ0n) is 19.4. The molecule has 3 aromatic rings. The number of anilines is 2. The lowest BCUT2D eigenvalue weighted by atomic mass is 9.85. The molecule has 0 amide bonds. The second-order valence-electron chi connectivity index (χ2n) is 9.89. The molecule has 2 aliphatic heterocycles. The summed E-state index contributed by atoms with van der Waals surface area (Å²) in [7, 11) is 0. The standard InChI is InChI=1S/C25H32N6O2/c1-15-9-18-11-26-25(29-22-12-27-31(16(22)2)19-3-4-19)28-21(18)10-20(15)17-5-7-30(8-6-17)23-13-33-14-24(23)32/h9-12,17,19,23-24,32H,3-8,13-14H2,1-2H3,(H,26,28,29)/t23-,24+/m0/s1. The van der Waals surface area contributed by atoms with Crippen molar-refractivity contribution in [3.8, 4) is 0 Å². The van der Waals surface area contributed by atoms with E-state index in [0.29, 0.717) is 31.1 Å². The number of fused-ring (bicyclic) bond motifs is 1. The molecule has 3 aliphatic rings. The van der Waals surface area contributed by atoms with Gasteiger partial charge in [-0.05, 0) is 81.8 Å². The summed E-state index contributed by atoms with van der Waals surface area (Å²) in [6.07, 6.45) is 8.03. The topological polar surface area (TPSA) is 88.3 Å². The van der Waals surface area contributed by atoms with E-state index in [1.165, 1.54) is 24.0 Å². The Morgan fingerprint density at radius 1 is 1.06 bits per heavy atom. The van der Waals surface area contributed by atoms with Gasteiger partial charge in [-0.15, -0.1) is 0 Å². The van der Waals surface area contributed by atoms with Crippen molar-refractivity contribution in [1.29, 1.82) is 0 Å².